The molecule has 0 radical (unpaired) electrons. The molecule has 10 heteroatoms. The van der Waals surface area contributed by atoms with E-state index >= 15 is 0 Å². The Hall–Kier alpha value is -3.07. The van der Waals surface area contributed by atoms with E-state index in [1.807, 2.05) is 13.0 Å². The number of anilines is 1. The molecule has 0 unspecified atom stereocenters. The number of ether oxygens (including phenoxy) is 1. The van der Waals surface area contributed by atoms with E-state index in [2.05, 4.69) is 15.5 Å². The van der Waals surface area contributed by atoms with E-state index in [1.54, 1.807) is 37.7 Å². The molecule has 0 saturated heterocycles. The number of halogens is 1. The van der Waals surface area contributed by atoms with Crippen LogP contribution in [0.25, 0.3) is 11.2 Å². The van der Waals surface area contributed by atoms with Gasteiger partial charge in [0.05, 0.1) is 5.71 Å². The van der Waals surface area contributed by atoms with Crippen molar-refractivity contribution < 1.29 is 4.74 Å². The lowest BCUT2D eigenvalue weighted by molar-refractivity contribution is 0.375. The molecule has 2 aromatic heterocycles. The van der Waals surface area contributed by atoms with Crippen molar-refractivity contribution in [2.24, 2.45) is 26.2 Å². The number of hydrogen-bond donors (Lipinski definition) is 1. The second-order valence-electron chi connectivity index (χ2n) is 6.53. The number of hydrogen-bond acceptors (Lipinski definition) is 6. The number of aryl methyl sites for hydroxylation is 3. The second-order valence-corrected chi connectivity index (χ2v) is 6.94. The summed E-state index contributed by atoms with van der Waals surface area (Å²) in [6.45, 7) is 3.96. The highest BCUT2D eigenvalue weighted by Crippen LogP contribution is 2.21. The van der Waals surface area contributed by atoms with E-state index < -0.39 is 11.2 Å². The number of aromatic nitrogens is 4. The van der Waals surface area contributed by atoms with Crippen molar-refractivity contribution in [3.05, 3.63) is 49.6 Å². The van der Waals surface area contributed by atoms with E-state index in [1.165, 1.54) is 11.6 Å². The number of hydrazone groups is 1. The summed E-state index contributed by atoms with van der Waals surface area (Å²) < 4.78 is 9.63. The lowest BCUT2D eigenvalue weighted by Crippen LogP contribution is -2.37. The van der Waals surface area contributed by atoms with Crippen LogP contribution in [0, 0.1) is 6.92 Å². The fraction of sp³-hybridized carbons (Fsp3) is 0.333. The average molecular weight is 405 g/mol. The van der Waals surface area contributed by atoms with Crippen LogP contribution in [-0.4, -0.2) is 31.0 Å². The van der Waals surface area contributed by atoms with Crippen molar-refractivity contribution in [3.8, 4) is 5.75 Å². The van der Waals surface area contributed by atoms with Crippen molar-refractivity contribution >= 4 is 34.4 Å². The molecular weight excluding hydrogens is 384 g/mol. The average Bonchev–Trinajstić information content (AvgIpc) is 3.00. The minimum absolute atomic E-state index is 0.262. The molecule has 0 aliphatic rings. The standard InChI is InChI=1S/C18H21ClN6O3/c1-10-8-12(6-7-13(10)19)28-9-11(2)21-22-17-20-15-14(23(17)3)16(26)25(5)18(27)24(15)4/h6-8H,9H2,1-5H3,(H,20,22)/b21-11-. The molecule has 2 heterocycles. The van der Waals surface area contributed by atoms with Crippen molar-refractivity contribution in [3.63, 3.8) is 0 Å². The van der Waals surface area contributed by atoms with Crippen LogP contribution >= 0.6 is 11.6 Å². The highest BCUT2D eigenvalue weighted by atomic mass is 35.5. The summed E-state index contributed by atoms with van der Waals surface area (Å²) >= 11 is 6.01. The third kappa shape index (κ3) is 3.53. The summed E-state index contributed by atoms with van der Waals surface area (Å²) in [5.41, 5.74) is 4.18. The maximum atomic E-state index is 12.4. The van der Waals surface area contributed by atoms with Crippen LogP contribution < -0.4 is 21.4 Å². The van der Waals surface area contributed by atoms with Crippen molar-refractivity contribution in [1.29, 1.82) is 0 Å². The van der Waals surface area contributed by atoms with Gasteiger partial charge in [-0.15, -0.1) is 0 Å². The molecule has 0 fully saturated rings. The summed E-state index contributed by atoms with van der Waals surface area (Å²) in [5.74, 6) is 1.03. The van der Waals surface area contributed by atoms with Crippen LogP contribution in [0.5, 0.6) is 5.75 Å². The van der Waals surface area contributed by atoms with Gasteiger partial charge in [-0.1, -0.05) is 11.6 Å². The number of benzene rings is 1. The van der Waals surface area contributed by atoms with Crippen molar-refractivity contribution in [2.75, 3.05) is 12.0 Å². The van der Waals surface area contributed by atoms with Gasteiger partial charge in [0, 0.05) is 26.2 Å². The molecule has 1 aromatic carbocycles. The molecule has 0 aliphatic heterocycles. The number of fused-ring (bicyclic) bond motifs is 1. The molecule has 0 aliphatic carbocycles. The fourth-order valence-corrected chi connectivity index (χ4v) is 2.81. The van der Waals surface area contributed by atoms with E-state index in [4.69, 9.17) is 16.3 Å². The fourth-order valence-electron chi connectivity index (χ4n) is 2.69. The zero-order chi connectivity index (χ0) is 20.6. The van der Waals surface area contributed by atoms with Crippen molar-refractivity contribution in [1.82, 2.24) is 18.7 Å². The Morgan fingerprint density at radius 2 is 1.93 bits per heavy atom. The maximum Gasteiger partial charge on any atom is 0.332 e. The van der Waals surface area contributed by atoms with Crippen LogP contribution in [0.3, 0.4) is 0 Å². The first-order valence-corrected chi connectivity index (χ1v) is 8.89. The van der Waals surface area contributed by atoms with Crippen LogP contribution in [0.2, 0.25) is 5.02 Å². The van der Waals surface area contributed by atoms with Crippen LogP contribution in [-0.2, 0) is 21.1 Å². The summed E-state index contributed by atoms with van der Waals surface area (Å²) in [5, 5.41) is 4.93. The molecular formula is C18H21ClN6O3. The monoisotopic (exact) mass is 404 g/mol. The zero-order valence-corrected chi connectivity index (χ0v) is 17.0. The minimum atomic E-state index is -0.437. The van der Waals surface area contributed by atoms with Crippen LogP contribution in [0.15, 0.2) is 32.9 Å². The predicted octanol–water partition coefficient (Wildman–Crippen LogP) is 1.80. The topological polar surface area (TPSA) is 95.4 Å². The molecule has 0 amide bonds. The molecule has 0 atom stereocenters. The Balaban J connectivity index is 1.80. The second kappa shape index (κ2) is 7.51. The molecule has 1 N–H and O–H groups in total. The molecule has 148 valence electrons. The van der Waals surface area contributed by atoms with Gasteiger partial charge in [0.15, 0.2) is 11.2 Å². The normalized spacial score (nSPS) is 11.9. The third-order valence-corrected chi connectivity index (χ3v) is 4.82. The van der Waals surface area contributed by atoms with Crippen molar-refractivity contribution in [2.45, 2.75) is 13.8 Å². The quantitative estimate of drug-likeness (QED) is 0.516. The summed E-state index contributed by atoms with van der Waals surface area (Å²) in [4.78, 5) is 28.8. The van der Waals surface area contributed by atoms with E-state index in [9.17, 15) is 9.59 Å². The molecule has 0 spiro atoms. The maximum absolute atomic E-state index is 12.4. The minimum Gasteiger partial charge on any atom is -0.488 e. The molecule has 3 aromatic rings. The van der Waals surface area contributed by atoms with Gasteiger partial charge in [-0.05, 0) is 37.6 Å². The highest BCUT2D eigenvalue weighted by Gasteiger charge is 2.16. The number of nitrogens with zero attached hydrogens (tertiary/aromatic N) is 5. The summed E-state index contributed by atoms with van der Waals surface area (Å²) in [7, 11) is 4.68. The molecule has 3 rings (SSSR count). The first-order chi connectivity index (χ1) is 13.2. The number of rotatable bonds is 5. The van der Waals surface area contributed by atoms with E-state index in [-0.39, 0.29) is 6.61 Å². The van der Waals surface area contributed by atoms with Gasteiger partial charge in [-0.25, -0.2) is 10.2 Å². The predicted molar refractivity (Wildman–Crippen MR) is 110 cm³/mol. The largest absolute Gasteiger partial charge is 0.488 e. The van der Waals surface area contributed by atoms with Crippen LogP contribution in [0.1, 0.15) is 12.5 Å². The summed E-state index contributed by atoms with van der Waals surface area (Å²) in [6.07, 6.45) is 0. The molecule has 0 saturated carbocycles. The molecule has 28 heavy (non-hydrogen) atoms. The number of nitrogens with one attached hydrogen (secondary N) is 1. The molecule has 9 nitrogen and oxygen atoms in total. The Kier molecular flexibility index (Phi) is 5.28. The van der Waals surface area contributed by atoms with Gasteiger partial charge in [0.25, 0.3) is 5.56 Å². The van der Waals surface area contributed by atoms with Gasteiger partial charge in [-0.3, -0.25) is 13.9 Å². The summed E-state index contributed by atoms with van der Waals surface area (Å²) in [6, 6.07) is 5.42. The number of imidazole rings is 1. The lowest BCUT2D eigenvalue weighted by Gasteiger charge is -2.08. The van der Waals surface area contributed by atoms with Gasteiger partial charge in [0.2, 0.25) is 5.95 Å². The van der Waals surface area contributed by atoms with E-state index in [0.29, 0.717) is 33.6 Å². The lowest BCUT2D eigenvalue weighted by atomic mass is 10.2. The van der Waals surface area contributed by atoms with Gasteiger partial charge >= 0.3 is 5.69 Å². The first-order valence-electron chi connectivity index (χ1n) is 8.51. The van der Waals surface area contributed by atoms with E-state index in [0.717, 1.165) is 10.1 Å². The SMILES string of the molecule is C/C(COc1ccc(Cl)c(C)c1)=N/Nc1nc2c(c(=O)n(C)c(=O)n2C)n1C. The Bertz CT molecular complexity index is 1200. The first kappa shape index (κ1) is 19.7. The Morgan fingerprint density at radius 3 is 2.61 bits per heavy atom. The Morgan fingerprint density at radius 1 is 1.21 bits per heavy atom. The highest BCUT2D eigenvalue weighted by molar-refractivity contribution is 6.31. The van der Waals surface area contributed by atoms with Gasteiger partial charge < -0.3 is 9.30 Å². The Labute approximate surface area is 165 Å². The molecule has 0 bridgehead atoms. The van der Waals surface area contributed by atoms with Gasteiger partial charge in [-0.2, -0.15) is 10.1 Å². The third-order valence-electron chi connectivity index (χ3n) is 4.40. The smallest absolute Gasteiger partial charge is 0.332 e. The van der Waals surface area contributed by atoms with Crippen LogP contribution in [0.4, 0.5) is 5.95 Å². The van der Waals surface area contributed by atoms with Gasteiger partial charge in [0.1, 0.15) is 12.4 Å². The zero-order valence-electron chi connectivity index (χ0n) is 16.3.